The van der Waals surface area contributed by atoms with Crippen LogP contribution in [0.15, 0.2) is 24.3 Å². The quantitative estimate of drug-likeness (QED) is 0.822. The second-order valence-electron chi connectivity index (χ2n) is 3.40. The first-order valence-corrected chi connectivity index (χ1v) is 5.37. The zero-order valence-corrected chi connectivity index (χ0v) is 11.1. The SMILES string of the molecule is CNC(=S)OCC(N)Cc1ccccc1F.Cl. The van der Waals surface area contributed by atoms with Gasteiger partial charge in [0.05, 0.1) is 0 Å². The molecule has 1 unspecified atom stereocenters. The molecule has 0 amide bonds. The zero-order valence-electron chi connectivity index (χ0n) is 9.48. The summed E-state index contributed by atoms with van der Waals surface area (Å²) >= 11 is 4.80. The van der Waals surface area contributed by atoms with Crippen molar-refractivity contribution in [2.75, 3.05) is 13.7 Å². The van der Waals surface area contributed by atoms with Gasteiger partial charge in [-0.2, -0.15) is 0 Å². The first kappa shape index (κ1) is 16.1. The van der Waals surface area contributed by atoms with Gasteiger partial charge in [0.15, 0.2) is 0 Å². The van der Waals surface area contributed by atoms with Crippen LogP contribution in [0.5, 0.6) is 0 Å². The Morgan fingerprint density at radius 1 is 1.53 bits per heavy atom. The Hall–Kier alpha value is -0.910. The molecule has 0 saturated carbocycles. The van der Waals surface area contributed by atoms with Crippen molar-refractivity contribution in [1.29, 1.82) is 0 Å². The third-order valence-electron chi connectivity index (χ3n) is 2.07. The third kappa shape index (κ3) is 5.81. The molecule has 17 heavy (non-hydrogen) atoms. The topological polar surface area (TPSA) is 47.3 Å². The molecule has 3 N–H and O–H groups in total. The van der Waals surface area contributed by atoms with Crippen molar-refractivity contribution >= 4 is 29.8 Å². The van der Waals surface area contributed by atoms with Gasteiger partial charge in [-0.05, 0) is 30.3 Å². The van der Waals surface area contributed by atoms with Gasteiger partial charge in [0, 0.05) is 13.1 Å². The van der Waals surface area contributed by atoms with Gasteiger partial charge < -0.3 is 15.8 Å². The molecule has 0 aromatic heterocycles. The lowest BCUT2D eigenvalue weighted by Crippen LogP contribution is -2.32. The van der Waals surface area contributed by atoms with E-state index >= 15 is 0 Å². The number of nitrogens with one attached hydrogen (secondary N) is 1. The molecule has 0 aliphatic carbocycles. The second-order valence-corrected chi connectivity index (χ2v) is 3.77. The minimum atomic E-state index is -0.275. The van der Waals surface area contributed by atoms with E-state index in [0.717, 1.165) is 0 Å². The molecular formula is C11H16ClFN2OS. The molecule has 0 aliphatic heterocycles. The summed E-state index contributed by atoms with van der Waals surface area (Å²) in [6.07, 6.45) is 0.430. The van der Waals surface area contributed by atoms with Gasteiger partial charge in [-0.1, -0.05) is 18.2 Å². The maximum Gasteiger partial charge on any atom is 0.256 e. The fourth-order valence-electron chi connectivity index (χ4n) is 1.26. The van der Waals surface area contributed by atoms with E-state index in [1.165, 1.54) is 6.07 Å². The van der Waals surface area contributed by atoms with Crippen LogP contribution in [0.3, 0.4) is 0 Å². The average molecular weight is 279 g/mol. The molecule has 0 radical (unpaired) electrons. The van der Waals surface area contributed by atoms with Crippen LogP contribution < -0.4 is 11.1 Å². The summed E-state index contributed by atoms with van der Waals surface area (Å²) in [5.74, 6) is -0.242. The number of hydrogen-bond donors (Lipinski definition) is 2. The van der Waals surface area contributed by atoms with Crippen molar-refractivity contribution in [3.8, 4) is 0 Å². The highest BCUT2D eigenvalue weighted by molar-refractivity contribution is 7.80. The van der Waals surface area contributed by atoms with Crippen LogP contribution in [-0.2, 0) is 11.2 Å². The first-order chi connectivity index (χ1) is 7.63. The van der Waals surface area contributed by atoms with Gasteiger partial charge in [0.1, 0.15) is 12.4 Å². The molecule has 6 heteroatoms. The monoisotopic (exact) mass is 278 g/mol. The Kier molecular flexibility index (Phi) is 7.78. The minimum Gasteiger partial charge on any atom is -0.469 e. The number of benzene rings is 1. The Labute approximate surface area is 112 Å². The number of rotatable bonds is 4. The summed E-state index contributed by atoms with van der Waals surface area (Å²) in [6, 6.07) is 6.29. The van der Waals surface area contributed by atoms with E-state index in [4.69, 9.17) is 22.7 Å². The number of thiocarbonyl (C=S) groups is 1. The van der Waals surface area contributed by atoms with E-state index < -0.39 is 0 Å². The van der Waals surface area contributed by atoms with E-state index in [1.807, 2.05) is 0 Å². The van der Waals surface area contributed by atoms with E-state index in [9.17, 15) is 4.39 Å². The maximum atomic E-state index is 13.3. The van der Waals surface area contributed by atoms with E-state index in [1.54, 1.807) is 25.2 Å². The summed E-state index contributed by atoms with van der Waals surface area (Å²) in [5, 5.41) is 2.97. The highest BCUT2D eigenvalue weighted by Crippen LogP contribution is 2.08. The molecule has 1 rings (SSSR count). The molecule has 0 aliphatic rings. The molecule has 0 spiro atoms. The van der Waals surface area contributed by atoms with Gasteiger partial charge >= 0.3 is 0 Å². The molecule has 1 aromatic carbocycles. The van der Waals surface area contributed by atoms with Gasteiger partial charge in [0.25, 0.3) is 5.17 Å². The summed E-state index contributed by atoms with van der Waals surface area (Å²) in [4.78, 5) is 0. The summed E-state index contributed by atoms with van der Waals surface area (Å²) in [5.41, 5.74) is 6.39. The maximum absolute atomic E-state index is 13.3. The van der Waals surface area contributed by atoms with Crippen LogP contribution in [0.2, 0.25) is 0 Å². The number of nitrogens with two attached hydrogens (primary N) is 1. The molecule has 0 heterocycles. The summed E-state index contributed by atoms with van der Waals surface area (Å²) in [6.45, 7) is 0.272. The van der Waals surface area contributed by atoms with Crippen LogP contribution in [0.1, 0.15) is 5.56 Å². The lowest BCUT2D eigenvalue weighted by atomic mass is 10.1. The van der Waals surface area contributed by atoms with Gasteiger partial charge in [-0.25, -0.2) is 4.39 Å². The van der Waals surface area contributed by atoms with E-state index in [0.29, 0.717) is 17.2 Å². The Bertz CT molecular complexity index is 365. The van der Waals surface area contributed by atoms with Crippen molar-refractivity contribution in [3.63, 3.8) is 0 Å². The predicted octanol–water partition coefficient (Wildman–Crippen LogP) is 1.64. The molecule has 96 valence electrons. The average Bonchev–Trinajstić information content (AvgIpc) is 2.29. The fourth-order valence-corrected chi connectivity index (χ4v) is 1.33. The smallest absolute Gasteiger partial charge is 0.256 e. The van der Waals surface area contributed by atoms with Gasteiger partial charge in [-0.15, -0.1) is 12.4 Å². The molecule has 0 saturated heterocycles. The number of ether oxygens (including phenoxy) is 1. The van der Waals surface area contributed by atoms with Crippen molar-refractivity contribution < 1.29 is 9.13 Å². The largest absolute Gasteiger partial charge is 0.469 e. The fraction of sp³-hybridized carbons (Fsp3) is 0.364. The lowest BCUT2D eigenvalue weighted by Gasteiger charge is -2.13. The van der Waals surface area contributed by atoms with Crippen molar-refractivity contribution in [2.24, 2.45) is 5.73 Å². The first-order valence-electron chi connectivity index (χ1n) is 4.97. The standard InChI is InChI=1S/C11H15FN2OS.ClH/c1-14-11(16)15-7-9(13)6-8-4-2-3-5-10(8)12;/h2-5,9H,6-7,13H2,1H3,(H,14,16);1H. The van der Waals surface area contributed by atoms with Crippen molar-refractivity contribution in [1.82, 2.24) is 5.32 Å². The van der Waals surface area contributed by atoms with Crippen LogP contribution in [0.25, 0.3) is 0 Å². The second kappa shape index (κ2) is 8.22. The molecule has 3 nitrogen and oxygen atoms in total. The summed E-state index contributed by atoms with van der Waals surface area (Å²) in [7, 11) is 1.67. The normalized spacial score (nSPS) is 11.2. The molecule has 1 atom stereocenters. The van der Waals surface area contributed by atoms with Gasteiger partial charge in [-0.3, -0.25) is 0 Å². The van der Waals surface area contributed by atoms with Gasteiger partial charge in [0.2, 0.25) is 0 Å². The molecular weight excluding hydrogens is 263 g/mol. The van der Waals surface area contributed by atoms with E-state index in [2.05, 4.69) is 5.32 Å². The van der Waals surface area contributed by atoms with Crippen molar-refractivity contribution in [2.45, 2.75) is 12.5 Å². The van der Waals surface area contributed by atoms with Crippen LogP contribution >= 0.6 is 24.6 Å². The Morgan fingerprint density at radius 3 is 2.76 bits per heavy atom. The zero-order chi connectivity index (χ0) is 12.0. The molecule has 0 fully saturated rings. The molecule has 1 aromatic rings. The number of hydrogen-bond acceptors (Lipinski definition) is 3. The van der Waals surface area contributed by atoms with Crippen LogP contribution in [0, 0.1) is 5.82 Å². The highest BCUT2D eigenvalue weighted by Gasteiger charge is 2.08. The number of halogens is 2. The Morgan fingerprint density at radius 2 is 2.18 bits per heavy atom. The minimum absolute atomic E-state index is 0. The predicted molar refractivity (Wildman–Crippen MR) is 72.9 cm³/mol. The highest BCUT2D eigenvalue weighted by atomic mass is 35.5. The molecule has 0 bridgehead atoms. The Balaban J connectivity index is 0.00000256. The van der Waals surface area contributed by atoms with Crippen LogP contribution in [-0.4, -0.2) is 24.9 Å². The van der Waals surface area contributed by atoms with E-state index in [-0.39, 0.29) is 30.9 Å². The lowest BCUT2D eigenvalue weighted by molar-refractivity contribution is 0.272. The van der Waals surface area contributed by atoms with Crippen LogP contribution in [0.4, 0.5) is 4.39 Å². The summed E-state index contributed by atoms with van der Waals surface area (Å²) < 4.78 is 18.4. The van der Waals surface area contributed by atoms with Crippen molar-refractivity contribution in [3.05, 3.63) is 35.6 Å². The third-order valence-corrected chi connectivity index (χ3v) is 2.39.